The van der Waals surface area contributed by atoms with Crippen LogP contribution in [0.4, 0.5) is 10.8 Å². The van der Waals surface area contributed by atoms with Gasteiger partial charge in [-0.05, 0) is 26.0 Å². The first kappa shape index (κ1) is 24.1. The Morgan fingerprint density at radius 2 is 1.97 bits per heavy atom. The van der Waals surface area contributed by atoms with Crippen molar-refractivity contribution in [3.05, 3.63) is 86.1 Å². The van der Waals surface area contributed by atoms with Crippen molar-refractivity contribution in [1.29, 1.82) is 5.26 Å². The monoisotopic (exact) mass is 505 g/mol. The zero-order valence-electron chi connectivity index (χ0n) is 18.7. The first-order valence-electron chi connectivity index (χ1n) is 10.4. The highest BCUT2D eigenvalue weighted by Crippen LogP contribution is 2.43. The fourth-order valence-corrected chi connectivity index (χ4v) is 5.69. The van der Waals surface area contributed by atoms with Gasteiger partial charge in [-0.3, -0.25) is 19.7 Å². The highest BCUT2D eigenvalue weighted by molar-refractivity contribution is 8.03. The summed E-state index contributed by atoms with van der Waals surface area (Å²) in [5, 5.41) is 28.4. The standard InChI is InChI=1S/C24H19N5O4S2/c1-13-21(14(2)30)22(15-7-3-5-9-18(15)29(32)33)16(11-25)23(26-13)34-12-20(31)28-24-27-17-8-4-6-10-19(17)35-24/h3-10,22,26H,12H2,1-2H3,(H,27,28,31). The number of nitro groups is 1. The molecule has 2 heterocycles. The summed E-state index contributed by atoms with van der Waals surface area (Å²) < 4.78 is 0.948. The van der Waals surface area contributed by atoms with E-state index in [1.54, 1.807) is 19.1 Å². The van der Waals surface area contributed by atoms with Gasteiger partial charge in [0.1, 0.15) is 0 Å². The average molecular weight is 506 g/mol. The van der Waals surface area contributed by atoms with Crippen LogP contribution in [-0.4, -0.2) is 27.4 Å². The van der Waals surface area contributed by atoms with Crippen LogP contribution < -0.4 is 10.6 Å². The number of ketones is 1. The number of hydrogen-bond acceptors (Lipinski definition) is 9. The fraction of sp³-hybridized carbons (Fsp3) is 0.167. The second kappa shape index (κ2) is 10.1. The molecule has 0 bridgehead atoms. The normalized spacial score (nSPS) is 15.5. The molecular weight excluding hydrogens is 486 g/mol. The van der Waals surface area contributed by atoms with E-state index in [0.29, 0.717) is 15.9 Å². The van der Waals surface area contributed by atoms with Crippen molar-refractivity contribution >= 4 is 55.8 Å². The van der Waals surface area contributed by atoms with Gasteiger partial charge < -0.3 is 10.6 Å². The Kier molecular flexibility index (Phi) is 6.95. The molecule has 1 amide bonds. The topological polar surface area (TPSA) is 138 Å². The lowest BCUT2D eigenvalue weighted by molar-refractivity contribution is -0.385. The third-order valence-corrected chi connectivity index (χ3v) is 7.33. The lowest BCUT2D eigenvalue weighted by Gasteiger charge is -2.29. The molecular formula is C24H19N5O4S2. The number of allylic oxidation sites excluding steroid dienone is 3. The Hall–Kier alpha value is -4.01. The van der Waals surface area contributed by atoms with Gasteiger partial charge in [0.05, 0.1) is 43.5 Å². The number of hydrogen-bond donors (Lipinski definition) is 2. The summed E-state index contributed by atoms with van der Waals surface area (Å²) in [7, 11) is 0. The van der Waals surface area contributed by atoms with Crippen LogP contribution in [0, 0.1) is 21.4 Å². The molecule has 2 N–H and O–H groups in total. The maximum Gasteiger partial charge on any atom is 0.273 e. The second-order valence-electron chi connectivity index (χ2n) is 7.65. The van der Waals surface area contributed by atoms with Crippen molar-refractivity contribution in [1.82, 2.24) is 10.3 Å². The molecule has 0 saturated carbocycles. The van der Waals surface area contributed by atoms with Gasteiger partial charge in [0, 0.05) is 22.9 Å². The van der Waals surface area contributed by atoms with Gasteiger partial charge in [0.25, 0.3) is 5.69 Å². The summed E-state index contributed by atoms with van der Waals surface area (Å²) in [6, 6.07) is 15.7. The van der Waals surface area contributed by atoms with Crippen molar-refractivity contribution in [2.45, 2.75) is 19.8 Å². The minimum Gasteiger partial charge on any atom is -0.353 e. The van der Waals surface area contributed by atoms with E-state index >= 15 is 0 Å². The molecule has 0 spiro atoms. The highest BCUT2D eigenvalue weighted by atomic mass is 32.2. The number of nitrogens with zero attached hydrogens (tertiary/aromatic N) is 3. The predicted octanol–water partition coefficient (Wildman–Crippen LogP) is 4.86. The molecule has 1 aliphatic heterocycles. The van der Waals surface area contributed by atoms with Gasteiger partial charge in [-0.1, -0.05) is 53.4 Å². The number of carbonyl (C=O) groups is 2. The van der Waals surface area contributed by atoms with Crippen molar-refractivity contribution < 1.29 is 14.5 Å². The van der Waals surface area contributed by atoms with E-state index in [-0.39, 0.29) is 39.8 Å². The predicted molar refractivity (Wildman–Crippen MR) is 136 cm³/mol. The van der Waals surface area contributed by atoms with Gasteiger partial charge in [-0.15, -0.1) is 0 Å². The number of para-hydroxylation sites is 2. The molecule has 9 nitrogen and oxygen atoms in total. The van der Waals surface area contributed by atoms with Crippen LogP contribution in [0.5, 0.6) is 0 Å². The molecule has 35 heavy (non-hydrogen) atoms. The zero-order chi connectivity index (χ0) is 25.1. The number of carbonyl (C=O) groups excluding carboxylic acids is 2. The molecule has 11 heteroatoms. The van der Waals surface area contributed by atoms with E-state index in [2.05, 4.69) is 21.7 Å². The fourth-order valence-electron chi connectivity index (χ4n) is 3.92. The number of aromatic nitrogens is 1. The largest absolute Gasteiger partial charge is 0.353 e. The first-order valence-corrected chi connectivity index (χ1v) is 12.2. The average Bonchev–Trinajstić information content (AvgIpc) is 3.24. The number of thioether (sulfide) groups is 1. The number of fused-ring (bicyclic) bond motifs is 1. The molecule has 1 unspecified atom stereocenters. The van der Waals surface area contributed by atoms with Crippen LogP contribution in [0.2, 0.25) is 0 Å². The molecule has 2 aromatic carbocycles. The van der Waals surface area contributed by atoms with E-state index in [4.69, 9.17) is 0 Å². The molecule has 1 atom stereocenters. The highest BCUT2D eigenvalue weighted by Gasteiger charge is 2.36. The number of nitrogens with one attached hydrogen (secondary N) is 2. The Morgan fingerprint density at radius 1 is 1.26 bits per heavy atom. The number of nitro benzene ring substituents is 1. The van der Waals surface area contributed by atoms with Crippen molar-refractivity contribution in [2.75, 3.05) is 11.1 Å². The minimum atomic E-state index is -0.921. The van der Waals surface area contributed by atoms with Crippen molar-refractivity contribution in [3.63, 3.8) is 0 Å². The molecule has 0 radical (unpaired) electrons. The van der Waals surface area contributed by atoms with Crippen molar-refractivity contribution in [2.24, 2.45) is 0 Å². The summed E-state index contributed by atoms with van der Waals surface area (Å²) >= 11 is 2.45. The molecule has 4 rings (SSSR count). The molecule has 3 aromatic rings. The van der Waals surface area contributed by atoms with E-state index in [1.165, 1.54) is 30.4 Å². The Bertz CT molecular complexity index is 1430. The first-order chi connectivity index (χ1) is 16.8. The van der Waals surface area contributed by atoms with Gasteiger partial charge in [-0.25, -0.2) is 4.98 Å². The summed E-state index contributed by atoms with van der Waals surface area (Å²) in [6.07, 6.45) is 0. The van der Waals surface area contributed by atoms with E-state index in [1.807, 2.05) is 24.3 Å². The second-order valence-corrected chi connectivity index (χ2v) is 9.66. The molecule has 0 aliphatic carbocycles. The lowest BCUT2D eigenvalue weighted by atomic mass is 9.80. The molecule has 0 fully saturated rings. The Balaban J connectivity index is 1.63. The number of thiazole rings is 1. The van der Waals surface area contributed by atoms with Gasteiger partial charge in [0.2, 0.25) is 5.91 Å². The number of benzene rings is 2. The number of rotatable bonds is 7. The summed E-state index contributed by atoms with van der Waals surface area (Å²) in [5.41, 5.74) is 1.75. The third kappa shape index (κ3) is 4.94. The maximum atomic E-state index is 12.6. The quantitative estimate of drug-likeness (QED) is 0.343. The Labute approximate surface area is 208 Å². The third-order valence-electron chi connectivity index (χ3n) is 5.36. The SMILES string of the molecule is CC(=O)C1=C(C)NC(SCC(=O)Nc2nc3ccccc3s2)=C(C#N)C1c1ccccc1[N+](=O)[O-]. The number of nitriles is 1. The van der Waals surface area contributed by atoms with E-state index in [9.17, 15) is 25.0 Å². The number of dihydropyridines is 1. The summed E-state index contributed by atoms with van der Waals surface area (Å²) in [5.74, 6) is -1.57. The van der Waals surface area contributed by atoms with E-state index in [0.717, 1.165) is 22.0 Å². The van der Waals surface area contributed by atoms with Gasteiger partial charge in [0.15, 0.2) is 10.9 Å². The summed E-state index contributed by atoms with van der Waals surface area (Å²) in [4.78, 5) is 40.7. The van der Waals surface area contributed by atoms with Crippen LogP contribution in [0.3, 0.4) is 0 Å². The van der Waals surface area contributed by atoms with Crippen LogP contribution in [0.1, 0.15) is 25.3 Å². The summed E-state index contributed by atoms with van der Waals surface area (Å²) in [6.45, 7) is 3.04. The molecule has 0 saturated heterocycles. The smallest absolute Gasteiger partial charge is 0.273 e. The van der Waals surface area contributed by atoms with E-state index < -0.39 is 10.8 Å². The molecule has 1 aromatic heterocycles. The lowest BCUT2D eigenvalue weighted by Crippen LogP contribution is -2.28. The van der Waals surface area contributed by atoms with Crippen LogP contribution >= 0.6 is 23.1 Å². The zero-order valence-corrected chi connectivity index (χ0v) is 20.3. The van der Waals surface area contributed by atoms with Gasteiger partial charge in [-0.2, -0.15) is 5.26 Å². The Morgan fingerprint density at radius 3 is 2.66 bits per heavy atom. The molecule has 1 aliphatic rings. The minimum absolute atomic E-state index is 0.0320. The maximum absolute atomic E-state index is 12.6. The van der Waals surface area contributed by atoms with Crippen LogP contribution in [-0.2, 0) is 9.59 Å². The number of anilines is 1. The van der Waals surface area contributed by atoms with Crippen molar-refractivity contribution in [3.8, 4) is 6.07 Å². The molecule has 176 valence electrons. The van der Waals surface area contributed by atoms with Crippen LogP contribution in [0.15, 0.2) is 70.4 Å². The van der Waals surface area contributed by atoms with Gasteiger partial charge >= 0.3 is 0 Å². The van der Waals surface area contributed by atoms with Crippen LogP contribution in [0.25, 0.3) is 10.2 Å². The number of amides is 1. The number of Topliss-reactive ketones (excluding diaryl/α,β-unsaturated/α-hetero) is 1.